The predicted octanol–water partition coefficient (Wildman–Crippen LogP) is 7.52. The van der Waals surface area contributed by atoms with E-state index in [2.05, 4.69) is 29.4 Å². The topological polar surface area (TPSA) is 67.3 Å². The lowest BCUT2D eigenvalue weighted by Crippen LogP contribution is -2.38. The highest BCUT2D eigenvalue weighted by molar-refractivity contribution is 7.15. The fraction of sp³-hybridized carbons (Fsp3) is 0.300. The Morgan fingerprint density at radius 1 is 1.11 bits per heavy atom. The van der Waals surface area contributed by atoms with Crippen LogP contribution in [0.3, 0.4) is 0 Å². The summed E-state index contributed by atoms with van der Waals surface area (Å²) in [7, 11) is 0. The van der Waals surface area contributed by atoms with Gasteiger partial charge in [0.2, 0.25) is 0 Å². The third-order valence-corrected chi connectivity index (χ3v) is 8.08. The van der Waals surface area contributed by atoms with Crippen molar-refractivity contribution in [2.45, 2.75) is 38.6 Å². The van der Waals surface area contributed by atoms with Crippen molar-refractivity contribution in [1.29, 1.82) is 0 Å². The minimum atomic E-state index is -0.276. The second-order valence-electron chi connectivity index (χ2n) is 9.40. The molecule has 196 valence electrons. The van der Waals surface area contributed by atoms with Gasteiger partial charge in [-0.1, -0.05) is 30.3 Å². The Labute approximate surface area is 226 Å². The number of ether oxygens (including phenoxy) is 1. The molecule has 4 aromatic rings. The molecule has 0 radical (unpaired) electrons. The number of thiazole rings is 1. The quantitative estimate of drug-likeness (QED) is 0.268. The number of rotatable bonds is 7. The molecule has 1 amide bonds. The van der Waals surface area contributed by atoms with Gasteiger partial charge in [-0.25, -0.2) is 19.2 Å². The van der Waals surface area contributed by atoms with Crippen molar-refractivity contribution >= 4 is 23.2 Å². The average Bonchev–Trinajstić information content (AvgIpc) is 3.40. The summed E-state index contributed by atoms with van der Waals surface area (Å²) in [5, 5.41) is 4.54. The molecular formula is C30H31FN4O2S. The molecule has 1 aliphatic heterocycles. The molecule has 1 N–H and O–H groups in total. The molecule has 0 bridgehead atoms. The van der Waals surface area contributed by atoms with Crippen LogP contribution in [-0.2, 0) is 4.74 Å². The molecule has 2 aromatic carbocycles. The molecule has 2 aromatic heterocycles. The SMILES string of the molecule is CCOC(=O)N1CCC(c2nc(-c3ccc(F)cc3)c(-c3ccnc(N[C@@H](C)c4ccccc4)c3)s2)CC1. The average molecular weight is 531 g/mol. The predicted molar refractivity (Wildman–Crippen MR) is 150 cm³/mol. The smallest absolute Gasteiger partial charge is 0.409 e. The Kier molecular flexibility index (Phi) is 7.98. The fourth-order valence-electron chi connectivity index (χ4n) is 4.73. The van der Waals surface area contributed by atoms with Crippen molar-refractivity contribution in [2.24, 2.45) is 0 Å². The maximum absolute atomic E-state index is 13.7. The number of hydrogen-bond acceptors (Lipinski definition) is 6. The second-order valence-corrected chi connectivity index (χ2v) is 10.4. The van der Waals surface area contributed by atoms with Crippen LogP contribution in [0.25, 0.3) is 21.7 Å². The molecule has 1 saturated heterocycles. The first-order valence-electron chi connectivity index (χ1n) is 13.0. The van der Waals surface area contributed by atoms with Gasteiger partial charge in [-0.15, -0.1) is 11.3 Å². The number of hydrogen-bond donors (Lipinski definition) is 1. The molecule has 0 unspecified atom stereocenters. The third kappa shape index (κ3) is 5.86. The van der Waals surface area contributed by atoms with Gasteiger partial charge in [0, 0.05) is 36.8 Å². The van der Waals surface area contributed by atoms with E-state index in [4.69, 9.17) is 9.72 Å². The van der Waals surface area contributed by atoms with Gasteiger partial charge in [-0.3, -0.25) is 0 Å². The highest BCUT2D eigenvalue weighted by Crippen LogP contribution is 2.42. The van der Waals surface area contributed by atoms with Crippen molar-refractivity contribution < 1.29 is 13.9 Å². The lowest BCUT2D eigenvalue weighted by atomic mass is 9.98. The maximum Gasteiger partial charge on any atom is 0.409 e. The number of nitrogens with one attached hydrogen (secondary N) is 1. The largest absolute Gasteiger partial charge is 0.450 e. The number of anilines is 1. The number of benzene rings is 2. The Morgan fingerprint density at radius 2 is 1.84 bits per heavy atom. The van der Waals surface area contributed by atoms with Crippen LogP contribution in [0.2, 0.25) is 0 Å². The van der Waals surface area contributed by atoms with E-state index in [0.717, 1.165) is 45.4 Å². The number of nitrogens with zero attached hydrogens (tertiary/aromatic N) is 3. The summed E-state index contributed by atoms with van der Waals surface area (Å²) in [4.78, 5) is 24.6. The molecule has 0 saturated carbocycles. The van der Waals surface area contributed by atoms with E-state index in [1.807, 2.05) is 37.3 Å². The molecule has 0 aliphatic carbocycles. The highest BCUT2D eigenvalue weighted by Gasteiger charge is 2.28. The van der Waals surface area contributed by atoms with E-state index in [-0.39, 0.29) is 23.9 Å². The van der Waals surface area contributed by atoms with Gasteiger partial charge in [0.05, 0.1) is 22.2 Å². The van der Waals surface area contributed by atoms with E-state index in [0.29, 0.717) is 19.7 Å². The summed E-state index contributed by atoms with van der Waals surface area (Å²) < 4.78 is 18.9. The van der Waals surface area contributed by atoms with Gasteiger partial charge < -0.3 is 15.0 Å². The van der Waals surface area contributed by atoms with Crippen LogP contribution in [0.4, 0.5) is 15.0 Å². The van der Waals surface area contributed by atoms with E-state index in [9.17, 15) is 9.18 Å². The van der Waals surface area contributed by atoms with Crippen LogP contribution in [0.15, 0.2) is 72.9 Å². The summed E-state index contributed by atoms with van der Waals surface area (Å²) in [6, 6.07) is 20.9. The zero-order valence-electron chi connectivity index (χ0n) is 21.6. The first-order chi connectivity index (χ1) is 18.5. The van der Waals surface area contributed by atoms with Crippen LogP contribution in [-0.4, -0.2) is 40.7 Å². The van der Waals surface area contributed by atoms with Crippen LogP contribution in [0.1, 0.15) is 49.2 Å². The molecule has 3 heterocycles. The molecule has 6 nitrogen and oxygen atoms in total. The molecular weight excluding hydrogens is 499 g/mol. The van der Waals surface area contributed by atoms with E-state index < -0.39 is 0 Å². The number of halogens is 1. The van der Waals surface area contributed by atoms with Gasteiger partial charge in [0.1, 0.15) is 11.6 Å². The first-order valence-corrected chi connectivity index (χ1v) is 13.8. The Hall–Kier alpha value is -3.78. The molecule has 5 rings (SSSR count). The zero-order valence-corrected chi connectivity index (χ0v) is 22.4. The standard InChI is InChI=1S/C30H31FN4O2S/c1-3-37-30(36)35-17-14-23(15-18-35)29-34-27(22-9-11-25(31)12-10-22)28(38-29)24-13-16-32-26(19-24)33-20(2)21-7-5-4-6-8-21/h4-13,16,19-20,23H,3,14-15,17-18H2,1-2H3,(H,32,33)/t20-/m0/s1. The number of pyridine rings is 1. The van der Waals surface area contributed by atoms with Gasteiger partial charge in [-0.05, 0) is 74.2 Å². The maximum atomic E-state index is 13.7. The number of carbonyl (C=O) groups excluding carboxylic acids is 1. The zero-order chi connectivity index (χ0) is 26.5. The van der Waals surface area contributed by atoms with Crippen molar-refractivity contribution in [3.63, 3.8) is 0 Å². The summed E-state index contributed by atoms with van der Waals surface area (Å²) in [5.41, 5.74) is 3.90. The second kappa shape index (κ2) is 11.7. The van der Waals surface area contributed by atoms with Crippen molar-refractivity contribution in [3.8, 4) is 21.7 Å². The van der Waals surface area contributed by atoms with E-state index in [1.54, 1.807) is 34.6 Å². The monoisotopic (exact) mass is 530 g/mol. The van der Waals surface area contributed by atoms with Crippen molar-refractivity contribution in [3.05, 3.63) is 89.3 Å². The minimum absolute atomic E-state index is 0.0946. The van der Waals surface area contributed by atoms with Gasteiger partial charge >= 0.3 is 6.09 Å². The van der Waals surface area contributed by atoms with E-state index in [1.165, 1.54) is 17.7 Å². The van der Waals surface area contributed by atoms with Crippen LogP contribution >= 0.6 is 11.3 Å². The molecule has 0 spiro atoms. The number of carbonyl (C=O) groups is 1. The number of likely N-dealkylation sites (tertiary alicyclic amines) is 1. The van der Waals surface area contributed by atoms with E-state index >= 15 is 0 Å². The van der Waals surface area contributed by atoms with Crippen LogP contribution < -0.4 is 5.32 Å². The molecule has 1 aliphatic rings. The summed E-state index contributed by atoms with van der Waals surface area (Å²) in [6.45, 7) is 5.60. The lowest BCUT2D eigenvalue weighted by Gasteiger charge is -2.30. The normalized spacial score (nSPS) is 14.8. The number of piperidine rings is 1. The molecule has 1 atom stereocenters. The van der Waals surface area contributed by atoms with Crippen LogP contribution in [0, 0.1) is 5.82 Å². The fourth-order valence-corrected chi connectivity index (χ4v) is 5.99. The van der Waals surface area contributed by atoms with Crippen molar-refractivity contribution in [1.82, 2.24) is 14.9 Å². The Morgan fingerprint density at radius 3 is 2.55 bits per heavy atom. The van der Waals surface area contributed by atoms with Gasteiger partial charge in [-0.2, -0.15) is 0 Å². The summed E-state index contributed by atoms with van der Waals surface area (Å²) in [5.74, 6) is 0.750. The third-order valence-electron chi connectivity index (χ3n) is 6.82. The first kappa shape index (κ1) is 25.9. The number of aromatic nitrogens is 2. The molecule has 8 heteroatoms. The number of amides is 1. The Bertz CT molecular complexity index is 1370. The minimum Gasteiger partial charge on any atom is -0.450 e. The van der Waals surface area contributed by atoms with Crippen LogP contribution in [0.5, 0.6) is 0 Å². The van der Waals surface area contributed by atoms with Gasteiger partial charge in [0.15, 0.2) is 0 Å². The summed E-state index contributed by atoms with van der Waals surface area (Å²) >= 11 is 1.67. The highest BCUT2D eigenvalue weighted by atomic mass is 32.1. The van der Waals surface area contributed by atoms with Crippen molar-refractivity contribution in [2.75, 3.05) is 25.0 Å². The molecule has 38 heavy (non-hydrogen) atoms. The summed E-state index contributed by atoms with van der Waals surface area (Å²) in [6.07, 6.45) is 3.21. The lowest BCUT2D eigenvalue weighted by molar-refractivity contribution is 0.0970. The molecule has 1 fully saturated rings. The van der Waals surface area contributed by atoms with Gasteiger partial charge in [0.25, 0.3) is 0 Å². The Balaban J connectivity index is 1.43.